The zero-order valence-corrected chi connectivity index (χ0v) is 14.7. The van der Waals surface area contributed by atoms with Crippen LogP contribution >= 0.6 is 34.3 Å². The molecule has 0 saturated heterocycles. The Hall–Kier alpha value is -0.620. The molecule has 0 bridgehead atoms. The van der Waals surface area contributed by atoms with Gasteiger partial charge in [0.1, 0.15) is 0 Å². The molecule has 21 heavy (non-hydrogen) atoms. The van der Waals surface area contributed by atoms with E-state index in [1.54, 1.807) is 11.3 Å². The van der Waals surface area contributed by atoms with E-state index >= 15 is 0 Å². The maximum atomic E-state index is 6.00. The highest BCUT2D eigenvalue weighted by Crippen LogP contribution is 2.44. The molecule has 6 heteroatoms. The van der Waals surface area contributed by atoms with Gasteiger partial charge in [0.05, 0.1) is 16.6 Å². The third kappa shape index (κ3) is 3.77. The Morgan fingerprint density at radius 3 is 2.81 bits per heavy atom. The van der Waals surface area contributed by atoms with E-state index in [2.05, 4.69) is 30.3 Å². The fraction of sp³-hybridized carbons (Fsp3) is 0.533. The SMILES string of the molecule is CCNCc1sc(N(C)Cc2ccc(Cl)s2)nc1C1CC1. The number of anilines is 1. The van der Waals surface area contributed by atoms with E-state index in [1.807, 2.05) is 17.4 Å². The molecular formula is C15H20ClN3S2. The minimum Gasteiger partial charge on any atom is -0.346 e. The summed E-state index contributed by atoms with van der Waals surface area (Å²) in [6.07, 6.45) is 2.60. The lowest BCUT2D eigenvalue weighted by atomic mass is 10.2. The van der Waals surface area contributed by atoms with E-state index < -0.39 is 0 Å². The van der Waals surface area contributed by atoms with Gasteiger partial charge in [-0.3, -0.25) is 0 Å². The normalized spacial score (nSPS) is 14.6. The Morgan fingerprint density at radius 2 is 2.19 bits per heavy atom. The Bertz CT molecular complexity index is 604. The fourth-order valence-corrected chi connectivity index (χ4v) is 4.51. The van der Waals surface area contributed by atoms with Gasteiger partial charge >= 0.3 is 0 Å². The van der Waals surface area contributed by atoms with Gasteiger partial charge in [-0.05, 0) is 31.5 Å². The number of aromatic nitrogens is 1. The lowest BCUT2D eigenvalue weighted by molar-refractivity contribution is 0.726. The Labute approximate surface area is 139 Å². The van der Waals surface area contributed by atoms with Crippen LogP contribution in [-0.4, -0.2) is 18.6 Å². The van der Waals surface area contributed by atoms with Gasteiger partial charge in [-0.25, -0.2) is 4.98 Å². The molecule has 0 spiro atoms. The molecule has 3 nitrogen and oxygen atoms in total. The van der Waals surface area contributed by atoms with Crippen molar-refractivity contribution in [2.75, 3.05) is 18.5 Å². The van der Waals surface area contributed by atoms with Gasteiger partial charge in [-0.2, -0.15) is 0 Å². The fourth-order valence-electron chi connectivity index (χ4n) is 2.29. The van der Waals surface area contributed by atoms with Gasteiger partial charge in [0.2, 0.25) is 0 Å². The number of rotatable bonds is 7. The molecule has 2 aromatic heterocycles. The minimum atomic E-state index is 0.702. The molecule has 2 heterocycles. The molecule has 0 atom stereocenters. The van der Waals surface area contributed by atoms with Gasteiger partial charge in [0.25, 0.3) is 0 Å². The topological polar surface area (TPSA) is 28.2 Å². The average Bonchev–Trinajstić information content (AvgIpc) is 3.09. The highest BCUT2D eigenvalue weighted by molar-refractivity contribution is 7.16. The molecule has 0 aromatic carbocycles. The maximum absolute atomic E-state index is 6.00. The van der Waals surface area contributed by atoms with Crippen LogP contribution < -0.4 is 10.2 Å². The summed E-state index contributed by atoms with van der Waals surface area (Å²) in [5, 5.41) is 4.55. The molecule has 0 radical (unpaired) electrons. The summed E-state index contributed by atoms with van der Waals surface area (Å²) in [6.45, 7) is 4.96. The van der Waals surface area contributed by atoms with Gasteiger partial charge in [-0.15, -0.1) is 22.7 Å². The van der Waals surface area contributed by atoms with Crippen LogP contribution in [0.15, 0.2) is 12.1 Å². The molecule has 1 saturated carbocycles. The number of nitrogens with zero attached hydrogens (tertiary/aromatic N) is 2. The minimum absolute atomic E-state index is 0.702. The first-order valence-electron chi connectivity index (χ1n) is 7.33. The van der Waals surface area contributed by atoms with Crippen molar-refractivity contribution in [3.63, 3.8) is 0 Å². The summed E-state index contributed by atoms with van der Waals surface area (Å²) in [5.74, 6) is 0.702. The Balaban J connectivity index is 1.74. The number of halogens is 1. The Kier molecular flexibility index (Phi) is 4.84. The summed E-state index contributed by atoms with van der Waals surface area (Å²) in [7, 11) is 2.11. The van der Waals surface area contributed by atoms with Gasteiger partial charge in [0.15, 0.2) is 5.13 Å². The van der Waals surface area contributed by atoms with Gasteiger partial charge < -0.3 is 10.2 Å². The van der Waals surface area contributed by atoms with Crippen LogP contribution in [0, 0.1) is 0 Å². The number of thiophene rings is 1. The number of thiazole rings is 1. The van der Waals surface area contributed by atoms with Crippen LogP contribution in [0.3, 0.4) is 0 Å². The highest BCUT2D eigenvalue weighted by atomic mass is 35.5. The zero-order chi connectivity index (χ0) is 14.8. The molecule has 2 aromatic rings. The molecule has 0 unspecified atom stereocenters. The second-order valence-electron chi connectivity index (χ2n) is 5.42. The number of nitrogens with one attached hydrogen (secondary N) is 1. The lowest BCUT2D eigenvalue weighted by Crippen LogP contribution is -2.15. The molecular weight excluding hydrogens is 322 g/mol. The monoisotopic (exact) mass is 341 g/mol. The Morgan fingerprint density at radius 1 is 1.38 bits per heavy atom. The number of hydrogen-bond acceptors (Lipinski definition) is 5. The zero-order valence-electron chi connectivity index (χ0n) is 12.4. The smallest absolute Gasteiger partial charge is 0.185 e. The first-order valence-corrected chi connectivity index (χ1v) is 9.34. The molecule has 1 aliphatic carbocycles. The first kappa shape index (κ1) is 15.3. The van der Waals surface area contributed by atoms with E-state index in [4.69, 9.17) is 16.6 Å². The van der Waals surface area contributed by atoms with Crippen LogP contribution in [-0.2, 0) is 13.1 Å². The summed E-state index contributed by atoms with van der Waals surface area (Å²) in [6, 6.07) is 4.06. The number of hydrogen-bond donors (Lipinski definition) is 1. The van der Waals surface area contributed by atoms with Crippen molar-refractivity contribution in [3.8, 4) is 0 Å². The van der Waals surface area contributed by atoms with Crippen molar-refractivity contribution in [1.29, 1.82) is 0 Å². The van der Waals surface area contributed by atoms with Crippen molar-refractivity contribution in [2.24, 2.45) is 0 Å². The van der Waals surface area contributed by atoms with Crippen LogP contribution in [0.1, 0.15) is 41.1 Å². The summed E-state index contributed by atoms with van der Waals surface area (Å²) < 4.78 is 0.851. The molecule has 1 aliphatic rings. The average molecular weight is 342 g/mol. The molecule has 1 N–H and O–H groups in total. The summed E-state index contributed by atoms with van der Waals surface area (Å²) in [5.41, 5.74) is 1.33. The highest BCUT2D eigenvalue weighted by Gasteiger charge is 2.30. The van der Waals surface area contributed by atoms with Crippen LogP contribution in [0.2, 0.25) is 4.34 Å². The predicted octanol–water partition coefficient (Wildman–Crippen LogP) is 4.48. The quantitative estimate of drug-likeness (QED) is 0.804. The van der Waals surface area contributed by atoms with Crippen molar-refractivity contribution >= 4 is 39.4 Å². The first-order chi connectivity index (χ1) is 10.2. The molecule has 114 valence electrons. The van der Waals surface area contributed by atoms with Crippen molar-refractivity contribution in [1.82, 2.24) is 10.3 Å². The molecule has 0 amide bonds. The third-order valence-corrected chi connectivity index (χ3v) is 5.97. The maximum Gasteiger partial charge on any atom is 0.185 e. The van der Waals surface area contributed by atoms with E-state index in [0.717, 1.165) is 29.1 Å². The van der Waals surface area contributed by atoms with Crippen LogP contribution in [0.4, 0.5) is 5.13 Å². The molecule has 0 aliphatic heterocycles. The van der Waals surface area contributed by atoms with Crippen LogP contribution in [0.25, 0.3) is 0 Å². The van der Waals surface area contributed by atoms with E-state index in [0.29, 0.717) is 5.92 Å². The van der Waals surface area contributed by atoms with Crippen molar-refractivity contribution in [2.45, 2.75) is 38.8 Å². The third-order valence-electron chi connectivity index (χ3n) is 3.56. The lowest BCUT2D eigenvalue weighted by Gasteiger charge is -2.14. The van der Waals surface area contributed by atoms with Crippen molar-refractivity contribution < 1.29 is 0 Å². The van der Waals surface area contributed by atoms with E-state index in [9.17, 15) is 0 Å². The summed E-state index contributed by atoms with van der Waals surface area (Å²) >= 11 is 9.47. The molecule has 1 fully saturated rings. The summed E-state index contributed by atoms with van der Waals surface area (Å²) in [4.78, 5) is 9.82. The van der Waals surface area contributed by atoms with Gasteiger partial charge in [0, 0.05) is 29.3 Å². The largest absolute Gasteiger partial charge is 0.346 e. The van der Waals surface area contributed by atoms with E-state index in [1.165, 1.54) is 28.3 Å². The predicted molar refractivity (Wildman–Crippen MR) is 92.9 cm³/mol. The second kappa shape index (κ2) is 6.65. The van der Waals surface area contributed by atoms with E-state index in [-0.39, 0.29) is 0 Å². The van der Waals surface area contributed by atoms with Crippen LogP contribution in [0.5, 0.6) is 0 Å². The van der Waals surface area contributed by atoms with Crippen molar-refractivity contribution in [3.05, 3.63) is 31.9 Å². The van der Waals surface area contributed by atoms with Gasteiger partial charge in [-0.1, -0.05) is 18.5 Å². The standard InChI is InChI=1S/C15H20ClN3S2/c1-3-17-8-12-14(10-4-5-10)18-15(21-12)19(2)9-11-6-7-13(16)20-11/h6-7,10,17H,3-5,8-9H2,1-2H3. The molecule has 3 rings (SSSR count). The second-order valence-corrected chi connectivity index (χ2v) is 8.28.